The van der Waals surface area contributed by atoms with Gasteiger partial charge >= 0.3 is 0 Å². The zero-order chi connectivity index (χ0) is 14.9. The maximum atomic E-state index is 12.2. The third-order valence-electron chi connectivity index (χ3n) is 3.08. The van der Waals surface area contributed by atoms with Crippen molar-refractivity contribution in [1.29, 1.82) is 0 Å². The summed E-state index contributed by atoms with van der Waals surface area (Å²) in [6, 6.07) is -0.839. The first-order valence-electron chi connectivity index (χ1n) is 6.09. The van der Waals surface area contributed by atoms with Crippen LogP contribution >= 0.6 is 0 Å². The second-order valence-electron chi connectivity index (χ2n) is 4.78. The first-order valence-corrected chi connectivity index (χ1v) is 7.98. The molecule has 20 heavy (non-hydrogen) atoms. The van der Waals surface area contributed by atoms with E-state index in [4.69, 9.17) is 0 Å². The molecule has 110 valence electrons. The topological polar surface area (TPSA) is 112 Å². The largest absolute Gasteiger partial charge is 0.335 e. The van der Waals surface area contributed by atoms with Gasteiger partial charge in [0.05, 0.1) is 30.9 Å². The molecule has 9 heteroatoms. The molecule has 0 unspecified atom stereocenters. The zero-order valence-electron chi connectivity index (χ0n) is 11.2. The van der Waals surface area contributed by atoms with Crippen molar-refractivity contribution >= 4 is 15.9 Å². The third-order valence-corrected chi connectivity index (χ3v) is 3.87. The molecular formula is C11H16N4O4S. The van der Waals surface area contributed by atoms with Gasteiger partial charge in [0.1, 0.15) is 0 Å². The average Bonchev–Trinajstić information content (AvgIpc) is 2.35. The summed E-state index contributed by atoms with van der Waals surface area (Å²) in [5.41, 5.74) is 0.949. The van der Waals surface area contributed by atoms with Crippen LogP contribution in [0.4, 0.5) is 0 Å². The van der Waals surface area contributed by atoms with Crippen molar-refractivity contribution < 1.29 is 13.2 Å². The van der Waals surface area contributed by atoms with Crippen LogP contribution in [0.1, 0.15) is 18.2 Å². The minimum absolute atomic E-state index is 0.190. The smallest absolute Gasteiger partial charge is 0.254 e. The van der Waals surface area contributed by atoms with E-state index in [9.17, 15) is 18.0 Å². The summed E-state index contributed by atoms with van der Waals surface area (Å²) in [6.07, 6.45) is 2.71. The van der Waals surface area contributed by atoms with Gasteiger partial charge in [-0.1, -0.05) is 0 Å². The Morgan fingerprint density at radius 2 is 2.25 bits per heavy atom. The summed E-state index contributed by atoms with van der Waals surface area (Å²) in [4.78, 5) is 31.8. The predicted octanol–water partition coefficient (Wildman–Crippen LogP) is -1.41. The van der Waals surface area contributed by atoms with Crippen molar-refractivity contribution in [3.8, 4) is 0 Å². The van der Waals surface area contributed by atoms with Gasteiger partial charge in [0.25, 0.3) is 5.56 Å². The van der Waals surface area contributed by atoms with Crippen LogP contribution in [0.2, 0.25) is 0 Å². The number of rotatable bonds is 3. The summed E-state index contributed by atoms with van der Waals surface area (Å²) in [7, 11) is -3.44. The predicted molar refractivity (Wildman–Crippen MR) is 71.4 cm³/mol. The Kier molecular flexibility index (Phi) is 3.91. The molecule has 0 spiro atoms. The summed E-state index contributed by atoms with van der Waals surface area (Å²) >= 11 is 0. The molecule has 2 rings (SSSR count). The molecule has 0 saturated carbocycles. The van der Waals surface area contributed by atoms with Crippen LogP contribution < -0.4 is 10.3 Å². The summed E-state index contributed by atoms with van der Waals surface area (Å²) in [5, 5.41) is 0. The van der Waals surface area contributed by atoms with Crippen molar-refractivity contribution in [2.24, 2.45) is 0 Å². The molecule has 1 aromatic rings. The van der Waals surface area contributed by atoms with E-state index in [0.29, 0.717) is 24.2 Å². The van der Waals surface area contributed by atoms with Crippen LogP contribution in [0, 0.1) is 0 Å². The van der Waals surface area contributed by atoms with Crippen molar-refractivity contribution in [2.45, 2.75) is 25.9 Å². The molecule has 1 aliphatic heterocycles. The molecule has 0 saturated heterocycles. The van der Waals surface area contributed by atoms with Gasteiger partial charge in [0.2, 0.25) is 15.9 Å². The number of H-pyrrole nitrogens is 1. The average molecular weight is 300 g/mol. The summed E-state index contributed by atoms with van der Waals surface area (Å²) in [6.45, 7) is 2.08. The van der Waals surface area contributed by atoms with Gasteiger partial charge < -0.3 is 9.88 Å². The lowest BCUT2D eigenvalue weighted by molar-refractivity contribution is -0.133. The number of hydrogen-bond acceptors (Lipinski definition) is 5. The van der Waals surface area contributed by atoms with E-state index in [-0.39, 0.29) is 18.0 Å². The van der Waals surface area contributed by atoms with Gasteiger partial charge in [-0.05, 0) is 13.3 Å². The van der Waals surface area contributed by atoms with Gasteiger partial charge in [-0.3, -0.25) is 9.59 Å². The molecule has 1 aromatic heterocycles. The van der Waals surface area contributed by atoms with E-state index in [2.05, 4.69) is 14.7 Å². The Morgan fingerprint density at radius 3 is 2.90 bits per heavy atom. The molecular weight excluding hydrogens is 284 g/mol. The van der Waals surface area contributed by atoms with Crippen molar-refractivity contribution in [2.75, 3.05) is 12.8 Å². The first kappa shape index (κ1) is 14.7. The Balaban J connectivity index is 2.13. The minimum Gasteiger partial charge on any atom is -0.335 e. The Bertz CT molecular complexity index is 682. The Hall–Kier alpha value is -1.74. The monoisotopic (exact) mass is 300 g/mol. The molecule has 1 atom stereocenters. The number of nitrogens with zero attached hydrogens (tertiary/aromatic N) is 2. The normalized spacial score (nSPS) is 16.6. The maximum Gasteiger partial charge on any atom is 0.254 e. The molecule has 0 aliphatic carbocycles. The van der Waals surface area contributed by atoms with Crippen molar-refractivity contribution in [3.63, 3.8) is 0 Å². The fourth-order valence-corrected chi connectivity index (χ4v) is 2.94. The van der Waals surface area contributed by atoms with Crippen molar-refractivity contribution in [3.05, 3.63) is 27.9 Å². The third kappa shape index (κ3) is 3.23. The molecule has 2 N–H and O–H groups in total. The molecule has 0 radical (unpaired) electrons. The Labute approximate surface area is 116 Å². The number of nitrogens with one attached hydrogen (secondary N) is 2. The van der Waals surface area contributed by atoms with E-state index in [1.165, 1.54) is 18.2 Å². The van der Waals surface area contributed by atoms with Gasteiger partial charge in [-0.25, -0.2) is 18.1 Å². The number of aromatic nitrogens is 2. The number of carbonyl (C=O) groups excluding carboxylic acids is 1. The molecule has 0 bridgehead atoms. The Morgan fingerprint density at radius 1 is 1.55 bits per heavy atom. The standard InChI is InChI=1S/C11H16N4O4S/c1-7(14-20(2,18)19)11(17)15-4-3-8-9(5-15)12-6-13-10(8)16/h6-7,14H,3-5H2,1-2H3,(H,12,13,16)/t7-/m0/s1. The first-order chi connectivity index (χ1) is 9.28. The number of carbonyl (C=O) groups is 1. The van der Waals surface area contributed by atoms with Crippen LogP contribution in [0.25, 0.3) is 0 Å². The molecule has 1 amide bonds. The highest BCUT2D eigenvalue weighted by molar-refractivity contribution is 7.88. The van der Waals surface area contributed by atoms with Gasteiger partial charge in [0.15, 0.2) is 0 Å². The number of sulfonamides is 1. The second kappa shape index (κ2) is 5.33. The van der Waals surface area contributed by atoms with Gasteiger partial charge in [-0.15, -0.1) is 0 Å². The summed E-state index contributed by atoms with van der Waals surface area (Å²) < 4.78 is 24.5. The van der Waals surface area contributed by atoms with Crippen LogP contribution in [-0.4, -0.2) is 48.0 Å². The van der Waals surface area contributed by atoms with Crippen molar-refractivity contribution in [1.82, 2.24) is 19.6 Å². The van der Waals surface area contributed by atoms with Crippen LogP contribution in [0.15, 0.2) is 11.1 Å². The molecule has 2 heterocycles. The fraction of sp³-hybridized carbons (Fsp3) is 0.545. The second-order valence-corrected chi connectivity index (χ2v) is 6.56. The minimum atomic E-state index is -3.44. The maximum absolute atomic E-state index is 12.2. The lowest BCUT2D eigenvalue weighted by Crippen LogP contribution is -2.48. The quantitative estimate of drug-likeness (QED) is 0.712. The SMILES string of the molecule is C[C@H](NS(C)(=O)=O)C(=O)N1CCc2c(nc[nH]c2=O)C1. The van der Waals surface area contributed by atoms with E-state index >= 15 is 0 Å². The molecule has 8 nitrogen and oxygen atoms in total. The lowest BCUT2D eigenvalue weighted by Gasteiger charge is -2.29. The van der Waals surface area contributed by atoms with Crippen LogP contribution in [-0.2, 0) is 27.8 Å². The van der Waals surface area contributed by atoms with Crippen LogP contribution in [0.3, 0.4) is 0 Å². The molecule has 0 fully saturated rings. The fourth-order valence-electron chi connectivity index (χ4n) is 2.20. The number of aromatic amines is 1. The van der Waals surface area contributed by atoms with Gasteiger partial charge in [-0.2, -0.15) is 0 Å². The highest BCUT2D eigenvalue weighted by Gasteiger charge is 2.27. The summed E-state index contributed by atoms with van der Waals surface area (Å²) in [5.74, 6) is -0.330. The van der Waals surface area contributed by atoms with E-state index < -0.39 is 16.1 Å². The zero-order valence-corrected chi connectivity index (χ0v) is 12.0. The number of hydrogen-bond donors (Lipinski definition) is 2. The molecule has 0 aromatic carbocycles. The number of fused-ring (bicyclic) bond motifs is 1. The molecule has 1 aliphatic rings. The van der Waals surface area contributed by atoms with E-state index in [0.717, 1.165) is 6.26 Å². The highest BCUT2D eigenvalue weighted by atomic mass is 32.2. The van der Waals surface area contributed by atoms with Crippen LogP contribution in [0.5, 0.6) is 0 Å². The lowest BCUT2D eigenvalue weighted by atomic mass is 10.1. The van der Waals surface area contributed by atoms with Gasteiger partial charge in [0, 0.05) is 12.1 Å². The number of amides is 1. The highest BCUT2D eigenvalue weighted by Crippen LogP contribution is 2.13. The van der Waals surface area contributed by atoms with E-state index in [1.807, 2.05) is 0 Å². The van der Waals surface area contributed by atoms with E-state index in [1.54, 1.807) is 0 Å².